The largest absolute Gasteiger partial charge is 0.481 e. The fourth-order valence-electron chi connectivity index (χ4n) is 8.09. The third-order valence-corrected chi connectivity index (χ3v) is 11.2. The number of hydrogen-bond donors (Lipinski definition) is 6. The van der Waals surface area contributed by atoms with Gasteiger partial charge in [-0.3, -0.25) is 14.4 Å². The first-order chi connectivity index (χ1) is 27.4. The highest BCUT2D eigenvalue weighted by Crippen LogP contribution is 2.44. The highest BCUT2D eigenvalue weighted by atomic mass is 16.6. The molecule has 59 heavy (non-hydrogen) atoms. The van der Waals surface area contributed by atoms with Crippen LogP contribution in [-0.4, -0.2) is 92.7 Å². The Bertz CT molecular complexity index is 1790. The maximum atomic E-state index is 14.3. The van der Waals surface area contributed by atoms with Crippen LogP contribution in [0.4, 0.5) is 4.79 Å². The summed E-state index contributed by atoms with van der Waals surface area (Å²) in [6.07, 6.45) is 3.45. The number of ether oxygens (including phenoxy) is 1. The van der Waals surface area contributed by atoms with Crippen molar-refractivity contribution in [2.75, 3.05) is 13.1 Å². The summed E-state index contributed by atoms with van der Waals surface area (Å²) in [7, 11) is 0. The van der Waals surface area contributed by atoms with Crippen LogP contribution in [-0.2, 0) is 35.1 Å². The van der Waals surface area contributed by atoms with Gasteiger partial charge in [0.25, 0.3) is 0 Å². The summed E-state index contributed by atoms with van der Waals surface area (Å²) in [5.74, 6) is -3.57. The van der Waals surface area contributed by atoms with E-state index in [9.17, 15) is 39.0 Å². The summed E-state index contributed by atoms with van der Waals surface area (Å²) in [4.78, 5) is 81.2. The lowest BCUT2D eigenvalue weighted by Gasteiger charge is -2.54. The Morgan fingerprint density at radius 3 is 2.00 bits per heavy atom. The van der Waals surface area contributed by atoms with Gasteiger partial charge in [-0.1, -0.05) is 63.2 Å². The van der Waals surface area contributed by atoms with E-state index in [-0.39, 0.29) is 43.5 Å². The zero-order valence-corrected chi connectivity index (χ0v) is 36.6. The maximum Gasteiger partial charge on any atom is 0.330 e. The third kappa shape index (κ3) is 13.7. The molecule has 0 spiro atoms. The highest BCUT2D eigenvalue weighted by molar-refractivity contribution is 5.91. The number of carbonyl (C=O) groups is 6. The number of carboxylic acids is 2. The molecule has 14 nitrogen and oxygen atoms in total. The standard InChI is InChI=1S/C45H69N5O9/c1-42(2,3)45(40(56)57,24-23-36(51)52)50(43(4,5)6)41(58)49-34(39(55)59-44(7,8)9)16-12-13-25-47-38(54)35(48-37(53)32-21-17-29(28-46)18-22-32)27-30-19-20-31-14-10-11-15-33(31)26-30/h10-11,14-15,19-20,26,29,32,34-35H,12-13,16-18,21-25,27-28,46H2,1-9H3,(H,47,54)(H,48,53)(H,49,58)(H,51,52)(H,56,57)/t29?,32?,34-,35-,45-/m0/s1. The van der Waals surface area contributed by atoms with Crippen molar-refractivity contribution >= 4 is 46.5 Å². The quantitative estimate of drug-likeness (QED) is 0.0742. The van der Waals surface area contributed by atoms with Crippen LogP contribution in [0, 0.1) is 17.3 Å². The molecule has 0 bridgehead atoms. The van der Waals surface area contributed by atoms with E-state index in [4.69, 9.17) is 10.5 Å². The molecule has 1 fully saturated rings. The molecule has 0 unspecified atom stereocenters. The Balaban J connectivity index is 1.78. The molecule has 3 atom stereocenters. The Hall–Kier alpha value is -4.72. The normalized spacial score (nSPS) is 18.1. The summed E-state index contributed by atoms with van der Waals surface area (Å²) >= 11 is 0. The van der Waals surface area contributed by atoms with Gasteiger partial charge in [0, 0.05) is 30.8 Å². The summed E-state index contributed by atoms with van der Waals surface area (Å²) in [5, 5.41) is 31.1. The lowest BCUT2D eigenvalue weighted by atomic mass is 9.68. The van der Waals surface area contributed by atoms with Crippen molar-refractivity contribution in [3.8, 4) is 0 Å². The van der Waals surface area contributed by atoms with Crippen molar-refractivity contribution < 1.29 is 43.7 Å². The van der Waals surface area contributed by atoms with Crippen LogP contribution in [0.1, 0.15) is 126 Å². The number of nitrogens with zero attached hydrogens (tertiary/aromatic N) is 1. The summed E-state index contributed by atoms with van der Waals surface area (Å²) in [5.41, 5.74) is 1.64. The fraction of sp³-hybridized carbons (Fsp3) is 0.644. The number of nitrogens with one attached hydrogen (secondary N) is 3. The number of carboxylic acid groups (broad SMARTS) is 2. The number of rotatable bonds is 18. The zero-order chi connectivity index (χ0) is 44.3. The Morgan fingerprint density at radius 2 is 1.46 bits per heavy atom. The number of carbonyl (C=O) groups excluding carboxylic acids is 4. The fourth-order valence-corrected chi connectivity index (χ4v) is 8.09. The van der Waals surface area contributed by atoms with Crippen molar-refractivity contribution in [1.29, 1.82) is 0 Å². The van der Waals surface area contributed by atoms with Crippen molar-refractivity contribution in [3.63, 3.8) is 0 Å². The number of aliphatic carboxylic acids is 2. The molecular formula is C45H69N5O9. The second-order valence-electron chi connectivity index (χ2n) is 19.0. The van der Waals surface area contributed by atoms with Gasteiger partial charge in [-0.15, -0.1) is 0 Å². The van der Waals surface area contributed by atoms with Crippen LogP contribution < -0.4 is 21.7 Å². The highest BCUT2D eigenvalue weighted by Gasteiger charge is 2.58. The Labute approximate surface area is 349 Å². The Morgan fingerprint density at radius 1 is 0.831 bits per heavy atom. The molecule has 7 N–H and O–H groups in total. The topological polar surface area (TPSA) is 217 Å². The van der Waals surface area contributed by atoms with Gasteiger partial charge in [0.05, 0.1) is 0 Å². The SMILES string of the molecule is CC(C)(C)OC(=O)[C@H](CCCCNC(=O)[C@H](Cc1ccc2ccccc2c1)NC(=O)C1CCC(CN)CC1)NC(=O)N(C(C)(C)C)[C@@](CCC(=O)O)(C(=O)O)C(C)(C)C. The first-order valence-corrected chi connectivity index (χ1v) is 20.9. The van der Waals surface area contributed by atoms with Gasteiger partial charge in [0.2, 0.25) is 11.8 Å². The van der Waals surface area contributed by atoms with Crippen molar-refractivity contribution in [3.05, 3.63) is 48.0 Å². The molecule has 3 rings (SSSR count). The van der Waals surface area contributed by atoms with Gasteiger partial charge in [-0.25, -0.2) is 14.4 Å². The lowest BCUT2D eigenvalue weighted by molar-refractivity contribution is -0.164. The molecule has 0 aliphatic heterocycles. The number of benzene rings is 2. The first kappa shape index (κ1) is 48.6. The zero-order valence-electron chi connectivity index (χ0n) is 36.6. The number of hydrogen-bond acceptors (Lipinski definition) is 8. The van der Waals surface area contributed by atoms with E-state index in [0.29, 0.717) is 25.3 Å². The van der Waals surface area contributed by atoms with Crippen molar-refractivity contribution in [2.45, 2.75) is 155 Å². The van der Waals surface area contributed by atoms with Crippen LogP contribution in [0.3, 0.4) is 0 Å². The smallest absolute Gasteiger partial charge is 0.330 e. The van der Waals surface area contributed by atoms with Crippen LogP contribution >= 0.6 is 0 Å². The third-order valence-electron chi connectivity index (χ3n) is 11.2. The van der Waals surface area contributed by atoms with Crippen LogP contribution in [0.15, 0.2) is 42.5 Å². The van der Waals surface area contributed by atoms with Gasteiger partial charge in [0.15, 0.2) is 0 Å². The molecule has 14 heteroatoms. The van der Waals surface area contributed by atoms with Gasteiger partial charge in [0.1, 0.15) is 23.2 Å². The van der Waals surface area contributed by atoms with E-state index in [1.807, 2.05) is 42.5 Å². The van der Waals surface area contributed by atoms with E-state index < -0.39 is 64.5 Å². The molecule has 2 aromatic rings. The van der Waals surface area contributed by atoms with Gasteiger partial charge in [-0.05, 0) is 127 Å². The van der Waals surface area contributed by atoms with E-state index in [2.05, 4.69) is 16.0 Å². The van der Waals surface area contributed by atoms with E-state index in [1.165, 1.54) is 0 Å². The lowest BCUT2D eigenvalue weighted by Crippen LogP contribution is -2.71. The predicted molar refractivity (Wildman–Crippen MR) is 227 cm³/mol. The average molecular weight is 824 g/mol. The molecule has 1 aliphatic carbocycles. The van der Waals surface area contributed by atoms with Crippen LogP contribution in [0.5, 0.6) is 0 Å². The molecule has 2 aromatic carbocycles. The van der Waals surface area contributed by atoms with Crippen molar-refractivity contribution in [1.82, 2.24) is 20.9 Å². The summed E-state index contributed by atoms with van der Waals surface area (Å²) < 4.78 is 5.67. The van der Waals surface area contributed by atoms with E-state index in [0.717, 1.165) is 46.9 Å². The molecule has 4 amide bonds. The summed E-state index contributed by atoms with van der Waals surface area (Å²) in [6.45, 7) is 15.8. The van der Waals surface area contributed by atoms with Gasteiger partial charge >= 0.3 is 23.9 Å². The monoisotopic (exact) mass is 824 g/mol. The minimum Gasteiger partial charge on any atom is -0.481 e. The number of fused-ring (bicyclic) bond motifs is 1. The molecule has 0 saturated heterocycles. The number of unbranched alkanes of at least 4 members (excludes halogenated alkanes) is 1. The Kier molecular flexibility index (Phi) is 16.9. The second kappa shape index (κ2) is 20.5. The number of esters is 1. The maximum absolute atomic E-state index is 14.3. The number of nitrogens with two attached hydrogens (primary N) is 1. The molecular weight excluding hydrogens is 755 g/mol. The van der Waals surface area contributed by atoms with E-state index in [1.54, 1.807) is 62.3 Å². The van der Waals surface area contributed by atoms with E-state index >= 15 is 0 Å². The van der Waals surface area contributed by atoms with Gasteiger partial charge in [-0.2, -0.15) is 0 Å². The second-order valence-corrected chi connectivity index (χ2v) is 19.0. The predicted octanol–water partition coefficient (Wildman–Crippen LogP) is 6.17. The first-order valence-electron chi connectivity index (χ1n) is 20.9. The average Bonchev–Trinajstić information content (AvgIpc) is 3.13. The molecule has 0 aromatic heterocycles. The molecule has 328 valence electrons. The number of amides is 4. The van der Waals surface area contributed by atoms with Gasteiger partial charge < -0.3 is 41.5 Å². The molecule has 0 heterocycles. The molecule has 1 aliphatic rings. The van der Waals surface area contributed by atoms with Crippen molar-refractivity contribution in [2.24, 2.45) is 23.0 Å². The van der Waals surface area contributed by atoms with Crippen LogP contribution in [0.25, 0.3) is 10.8 Å². The minimum atomic E-state index is -1.97. The minimum absolute atomic E-state index is 0.0992. The number of urea groups is 1. The molecule has 1 saturated carbocycles. The molecule has 0 radical (unpaired) electrons. The summed E-state index contributed by atoms with van der Waals surface area (Å²) in [6, 6.07) is 11.0. The van der Waals surface area contributed by atoms with Crippen LogP contribution in [0.2, 0.25) is 0 Å².